The number of rotatable bonds is 6. The van der Waals surface area contributed by atoms with Crippen molar-refractivity contribution in [2.75, 3.05) is 23.5 Å². The van der Waals surface area contributed by atoms with Crippen molar-refractivity contribution >= 4 is 56.8 Å². The van der Waals surface area contributed by atoms with Crippen LogP contribution >= 0.6 is 23.4 Å². The highest BCUT2D eigenvalue weighted by molar-refractivity contribution is 7.99. The molecule has 204 valence electrons. The smallest absolute Gasteiger partial charge is 0.268 e. The summed E-state index contributed by atoms with van der Waals surface area (Å²) in [7, 11) is 0. The van der Waals surface area contributed by atoms with Crippen molar-refractivity contribution in [1.29, 1.82) is 0 Å². The molecule has 1 aliphatic rings. The van der Waals surface area contributed by atoms with Gasteiger partial charge in [-0.05, 0) is 79.4 Å². The minimum Gasteiger partial charge on any atom is -0.359 e. The minimum absolute atomic E-state index is 0.125. The molecule has 0 unspecified atom stereocenters. The molecule has 6 rings (SSSR count). The van der Waals surface area contributed by atoms with E-state index in [0.717, 1.165) is 40.6 Å². The Labute approximate surface area is 241 Å². The molecule has 0 bridgehead atoms. The molecule has 2 aromatic heterocycles. The second kappa shape index (κ2) is 10.8. The topological polar surface area (TPSA) is 80.4 Å². The highest BCUT2D eigenvalue weighted by Gasteiger charge is 2.24. The molecule has 40 heavy (non-hydrogen) atoms. The van der Waals surface area contributed by atoms with E-state index in [2.05, 4.69) is 22.3 Å². The summed E-state index contributed by atoms with van der Waals surface area (Å²) in [5.41, 5.74) is 6.59. The Balaban J connectivity index is 1.40. The molecule has 9 heteroatoms. The summed E-state index contributed by atoms with van der Waals surface area (Å²) < 4.78 is 7.39. The highest BCUT2D eigenvalue weighted by Crippen LogP contribution is 2.32. The number of nitrogens with one attached hydrogen (secondary N) is 1. The van der Waals surface area contributed by atoms with Crippen molar-refractivity contribution in [1.82, 2.24) is 14.6 Å². The zero-order valence-corrected chi connectivity index (χ0v) is 24.2. The number of pyridine rings is 1. The number of aryl methyl sites for hydroxylation is 2. The lowest BCUT2D eigenvalue weighted by molar-refractivity contribution is -0.115. The van der Waals surface area contributed by atoms with Crippen molar-refractivity contribution in [3.63, 3.8) is 0 Å². The monoisotopic (exact) mass is 572 g/mol. The van der Waals surface area contributed by atoms with Gasteiger partial charge in [-0.2, -0.15) is 0 Å². The van der Waals surface area contributed by atoms with Crippen LogP contribution in [0.3, 0.4) is 0 Å². The van der Waals surface area contributed by atoms with Gasteiger partial charge in [-0.15, -0.1) is 11.8 Å². The molecule has 7 nitrogen and oxygen atoms in total. The Kier molecular flexibility index (Phi) is 7.16. The number of carbonyl (C=O) groups excluding carboxylic acids is 1. The van der Waals surface area contributed by atoms with E-state index in [1.807, 2.05) is 74.1 Å². The molecular weight excluding hydrogens is 544 g/mol. The number of benzene rings is 3. The van der Waals surface area contributed by atoms with Crippen LogP contribution in [-0.2, 0) is 17.8 Å². The van der Waals surface area contributed by atoms with E-state index in [4.69, 9.17) is 16.1 Å². The Morgan fingerprint density at radius 3 is 2.60 bits per heavy atom. The summed E-state index contributed by atoms with van der Waals surface area (Å²) in [5, 5.41) is 8.91. The third-order valence-corrected chi connectivity index (χ3v) is 8.92. The first-order valence-corrected chi connectivity index (χ1v) is 14.7. The first-order valence-electron chi connectivity index (χ1n) is 13.2. The molecule has 1 amide bonds. The number of thioether (sulfide) groups is 1. The maximum atomic E-state index is 14.1. The van der Waals surface area contributed by atoms with E-state index in [0.29, 0.717) is 44.8 Å². The Bertz CT molecular complexity index is 1820. The summed E-state index contributed by atoms with van der Waals surface area (Å²) in [6.07, 6.45) is 0.167. The predicted octanol–water partition coefficient (Wildman–Crippen LogP) is 6.40. The van der Waals surface area contributed by atoms with Crippen molar-refractivity contribution < 1.29 is 9.32 Å². The van der Waals surface area contributed by atoms with Crippen LogP contribution in [0, 0.1) is 20.8 Å². The van der Waals surface area contributed by atoms with Gasteiger partial charge in [0.1, 0.15) is 10.9 Å². The van der Waals surface area contributed by atoms with Gasteiger partial charge in [0.2, 0.25) is 5.91 Å². The summed E-state index contributed by atoms with van der Waals surface area (Å²) >= 11 is 8.53. The summed E-state index contributed by atoms with van der Waals surface area (Å²) in [6, 6.07) is 16.9. The number of fused-ring (bicyclic) bond motifs is 3. The molecule has 0 spiro atoms. The van der Waals surface area contributed by atoms with Gasteiger partial charge in [0.05, 0.1) is 23.5 Å². The number of nitrogens with zero attached hydrogens (tertiary/aromatic N) is 3. The van der Waals surface area contributed by atoms with Crippen LogP contribution in [0.4, 0.5) is 5.69 Å². The van der Waals surface area contributed by atoms with Gasteiger partial charge in [0, 0.05) is 34.9 Å². The normalized spacial score (nSPS) is 13.9. The number of halogens is 1. The molecular formula is C31H29ClN4O3S. The lowest BCUT2D eigenvalue weighted by atomic mass is 10.0. The van der Waals surface area contributed by atoms with Crippen molar-refractivity contribution in [3.8, 4) is 5.69 Å². The first-order chi connectivity index (χ1) is 19.3. The van der Waals surface area contributed by atoms with Crippen LogP contribution in [0.25, 0.3) is 27.5 Å². The average Bonchev–Trinajstić information content (AvgIpc) is 3.58. The SMILES string of the molecule is Cc1cc(NC(=O)Cc2cccc(-n3c(=O)c4c(CN5CCSC5)onc4c4c(Cl)cccc43)c2)cc(C)c1C. The van der Waals surface area contributed by atoms with Gasteiger partial charge >= 0.3 is 0 Å². The Morgan fingerprint density at radius 2 is 1.85 bits per heavy atom. The molecule has 5 aromatic rings. The summed E-state index contributed by atoms with van der Waals surface area (Å²) in [4.78, 5) is 29.3. The van der Waals surface area contributed by atoms with Gasteiger partial charge in [-0.25, -0.2) is 0 Å². The maximum Gasteiger partial charge on any atom is 0.268 e. The van der Waals surface area contributed by atoms with Crippen molar-refractivity contribution in [2.24, 2.45) is 0 Å². The number of hydrogen-bond acceptors (Lipinski definition) is 6. The molecule has 1 saturated heterocycles. The van der Waals surface area contributed by atoms with Gasteiger partial charge in [-0.3, -0.25) is 19.1 Å². The fourth-order valence-corrected chi connectivity index (χ4v) is 6.57. The fraction of sp³-hybridized carbons (Fsp3) is 0.258. The van der Waals surface area contributed by atoms with Crippen LogP contribution in [0.1, 0.15) is 28.0 Å². The van der Waals surface area contributed by atoms with Crippen molar-refractivity contribution in [2.45, 2.75) is 33.7 Å². The average molecular weight is 573 g/mol. The number of hydrogen-bond donors (Lipinski definition) is 1. The summed E-state index contributed by atoms with van der Waals surface area (Å²) in [6.45, 7) is 7.59. The van der Waals surface area contributed by atoms with Crippen LogP contribution in [0.5, 0.6) is 0 Å². The number of amides is 1. The molecule has 0 radical (unpaired) electrons. The molecule has 3 heterocycles. The zero-order valence-electron chi connectivity index (χ0n) is 22.6. The molecule has 1 N–H and O–H groups in total. The van der Waals surface area contributed by atoms with Crippen LogP contribution in [0.2, 0.25) is 5.02 Å². The maximum absolute atomic E-state index is 14.1. The Morgan fingerprint density at radius 1 is 1.07 bits per heavy atom. The minimum atomic E-state index is -0.222. The molecule has 1 fully saturated rings. The molecule has 0 atom stereocenters. The lowest BCUT2D eigenvalue weighted by Crippen LogP contribution is -2.23. The Hall–Kier alpha value is -3.59. The molecule has 0 aliphatic carbocycles. The number of carbonyl (C=O) groups is 1. The van der Waals surface area contributed by atoms with Gasteiger partial charge in [0.15, 0.2) is 5.76 Å². The lowest BCUT2D eigenvalue weighted by Gasteiger charge is -2.14. The molecule has 3 aromatic carbocycles. The number of aromatic nitrogens is 2. The first kappa shape index (κ1) is 26.6. The molecule has 0 saturated carbocycles. The van der Waals surface area contributed by atoms with Crippen LogP contribution < -0.4 is 10.9 Å². The van der Waals surface area contributed by atoms with Crippen LogP contribution in [0.15, 0.2) is 63.9 Å². The van der Waals surface area contributed by atoms with E-state index < -0.39 is 0 Å². The second-order valence-electron chi connectivity index (χ2n) is 10.3. The second-order valence-corrected chi connectivity index (χ2v) is 11.8. The van der Waals surface area contributed by atoms with Crippen LogP contribution in [-0.4, -0.2) is 38.7 Å². The van der Waals surface area contributed by atoms with E-state index in [1.54, 1.807) is 10.6 Å². The fourth-order valence-electron chi connectivity index (χ4n) is 5.32. The van der Waals surface area contributed by atoms with Gasteiger partial charge in [0.25, 0.3) is 5.56 Å². The van der Waals surface area contributed by atoms with E-state index in [9.17, 15) is 9.59 Å². The number of anilines is 1. The largest absolute Gasteiger partial charge is 0.359 e. The summed E-state index contributed by atoms with van der Waals surface area (Å²) in [5.74, 6) is 2.35. The van der Waals surface area contributed by atoms with E-state index >= 15 is 0 Å². The quantitative estimate of drug-likeness (QED) is 0.254. The standard InChI is InChI=1S/C31H29ClN4O3S/c1-18-12-22(13-19(2)20(18)3)33-27(37)15-21-6-4-7-23(14-21)36-25-9-5-8-24(32)28(25)30-29(31(36)38)26(39-34-30)16-35-10-11-40-17-35/h4-9,12-14H,10-11,15-17H2,1-3H3,(H,33,37). The van der Waals surface area contributed by atoms with Crippen molar-refractivity contribution in [3.05, 3.63) is 98.0 Å². The predicted molar refractivity (Wildman–Crippen MR) is 163 cm³/mol. The molecule has 1 aliphatic heterocycles. The van der Waals surface area contributed by atoms with E-state index in [1.165, 1.54) is 5.56 Å². The van der Waals surface area contributed by atoms with Gasteiger partial charge in [-0.1, -0.05) is 35.0 Å². The third kappa shape index (κ3) is 4.91. The van der Waals surface area contributed by atoms with E-state index in [-0.39, 0.29) is 17.9 Å². The van der Waals surface area contributed by atoms with Gasteiger partial charge < -0.3 is 9.84 Å². The highest BCUT2D eigenvalue weighted by atomic mass is 35.5. The zero-order chi connectivity index (χ0) is 28.0. The third-order valence-electron chi connectivity index (χ3n) is 7.59.